The minimum atomic E-state index is -0.803. The first kappa shape index (κ1) is 19.2. The van der Waals surface area contributed by atoms with E-state index in [0.29, 0.717) is 48.1 Å². The zero-order chi connectivity index (χ0) is 20.4. The summed E-state index contributed by atoms with van der Waals surface area (Å²) in [4.78, 5) is 25.0. The first-order valence-corrected chi connectivity index (χ1v) is 9.45. The second kappa shape index (κ2) is 8.08. The summed E-state index contributed by atoms with van der Waals surface area (Å²) in [6.07, 6.45) is -0.185. The maximum Gasteiger partial charge on any atom is 0.251 e. The van der Waals surface area contributed by atoms with E-state index in [1.807, 2.05) is 0 Å². The van der Waals surface area contributed by atoms with Crippen LogP contribution in [-0.4, -0.2) is 52.6 Å². The Balaban J connectivity index is 1.33. The Kier molecular flexibility index (Phi) is 5.34. The van der Waals surface area contributed by atoms with E-state index in [2.05, 4.69) is 25.6 Å². The van der Waals surface area contributed by atoms with E-state index >= 15 is 0 Å². The van der Waals surface area contributed by atoms with Crippen LogP contribution >= 0.6 is 0 Å². The van der Waals surface area contributed by atoms with E-state index in [9.17, 15) is 14.7 Å². The van der Waals surface area contributed by atoms with E-state index in [1.165, 1.54) is 0 Å². The third kappa shape index (κ3) is 4.16. The van der Waals surface area contributed by atoms with Crippen LogP contribution in [0.25, 0.3) is 0 Å². The highest BCUT2D eigenvalue weighted by molar-refractivity contribution is 5.95. The molecule has 154 valence electrons. The van der Waals surface area contributed by atoms with Crippen molar-refractivity contribution < 1.29 is 28.8 Å². The summed E-state index contributed by atoms with van der Waals surface area (Å²) < 4.78 is 15.5. The summed E-state index contributed by atoms with van der Waals surface area (Å²) in [6, 6.07) is 4.43. The summed E-state index contributed by atoms with van der Waals surface area (Å²) in [7, 11) is 0. The normalized spacial score (nSPS) is 22.9. The first-order valence-electron chi connectivity index (χ1n) is 9.45. The number of fused-ring (bicyclic) bond motifs is 1. The van der Waals surface area contributed by atoms with Gasteiger partial charge < -0.3 is 25.2 Å². The second-order valence-electron chi connectivity index (χ2n) is 7.19. The van der Waals surface area contributed by atoms with Crippen LogP contribution in [-0.2, 0) is 11.3 Å². The zero-order valence-corrected chi connectivity index (χ0v) is 15.9. The van der Waals surface area contributed by atoms with E-state index in [1.54, 1.807) is 25.1 Å². The fourth-order valence-corrected chi connectivity index (χ4v) is 3.55. The predicted molar refractivity (Wildman–Crippen MR) is 98.3 cm³/mol. The lowest BCUT2D eigenvalue weighted by Gasteiger charge is -2.20. The van der Waals surface area contributed by atoms with Gasteiger partial charge in [0.15, 0.2) is 11.5 Å². The van der Waals surface area contributed by atoms with Crippen molar-refractivity contribution in [1.29, 1.82) is 0 Å². The van der Waals surface area contributed by atoms with Gasteiger partial charge in [-0.3, -0.25) is 9.59 Å². The summed E-state index contributed by atoms with van der Waals surface area (Å²) in [6.45, 7) is 2.85. The molecule has 2 aliphatic rings. The monoisotopic (exact) mass is 402 g/mol. The van der Waals surface area contributed by atoms with Gasteiger partial charge in [-0.1, -0.05) is 10.3 Å². The van der Waals surface area contributed by atoms with Crippen LogP contribution in [0.1, 0.15) is 34.6 Å². The lowest BCUT2D eigenvalue weighted by molar-refractivity contribution is -0.125. The maximum absolute atomic E-state index is 12.6. The molecule has 1 aromatic heterocycles. The van der Waals surface area contributed by atoms with Crippen LogP contribution in [0.5, 0.6) is 11.5 Å². The second-order valence-corrected chi connectivity index (χ2v) is 7.19. The predicted octanol–water partition coefficient (Wildman–Crippen LogP) is 0.335. The van der Waals surface area contributed by atoms with Gasteiger partial charge in [0.1, 0.15) is 24.6 Å². The molecule has 2 amide bonds. The summed E-state index contributed by atoms with van der Waals surface area (Å²) in [5, 5.41) is 23.3. The standard InChI is InChI=1S/C19H22N4O6/c1-10-14(23-29-22-10)9-20-18(25)12-6-13(15(24)7-12)21-19(26)11-2-3-16-17(8-11)28-5-4-27-16/h2-3,8,12-13,15,24H,4-7,9H2,1H3,(H,20,25)(H,21,26)/t12-,13-,15-/m0/s1. The molecule has 3 N–H and O–H groups in total. The smallest absolute Gasteiger partial charge is 0.251 e. The quantitative estimate of drug-likeness (QED) is 0.651. The molecule has 1 aliphatic carbocycles. The van der Waals surface area contributed by atoms with Crippen molar-refractivity contribution in [2.24, 2.45) is 5.92 Å². The van der Waals surface area contributed by atoms with Gasteiger partial charge >= 0.3 is 0 Å². The number of aryl methyl sites for hydroxylation is 1. The third-order valence-electron chi connectivity index (χ3n) is 5.20. The van der Waals surface area contributed by atoms with Crippen molar-refractivity contribution in [2.75, 3.05) is 13.2 Å². The molecule has 10 nitrogen and oxygen atoms in total. The number of amides is 2. The van der Waals surface area contributed by atoms with E-state index < -0.39 is 18.1 Å². The number of nitrogens with one attached hydrogen (secondary N) is 2. The van der Waals surface area contributed by atoms with Gasteiger partial charge in [-0.2, -0.15) is 0 Å². The Hall–Kier alpha value is -3.14. The van der Waals surface area contributed by atoms with Crippen molar-refractivity contribution in [3.05, 3.63) is 35.2 Å². The lowest BCUT2D eigenvalue weighted by atomic mass is 10.1. The number of carbonyl (C=O) groups is 2. The molecule has 10 heteroatoms. The molecule has 2 heterocycles. The number of aliphatic hydroxyl groups excluding tert-OH is 1. The Bertz CT molecular complexity index is 914. The molecule has 1 fully saturated rings. The number of hydrogen-bond acceptors (Lipinski definition) is 8. The topological polar surface area (TPSA) is 136 Å². The van der Waals surface area contributed by atoms with Gasteiger partial charge in [-0.15, -0.1) is 0 Å². The van der Waals surface area contributed by atoms with Crippen LogP contribution in [0, 0.1) is 12.8 Å². The Morgan fingerprint density at radius 1 is 1.17 bits per heavy atom. The number of nitrogens with zero attached hydrogens (tertiary/aromatic N) is 2. The van der Waals surface area contributed by atoms with Gasteiger partial charge in [0, 0.05) is 11.5 Å². The Morgan fingerprint density at radius 2 is 1.97 bits per heavy atom. The number of ether oxygens (including phenoxy) is 2. The van der Waals surface area contributed by atoms with Gasteiger partial charge in [0.05, 0.1) is 18.7 Å². The van der Waals surface area contributed by atoms with Crippen LogP contribution in [0.3, 0.4) is 0 Å². The average molecular weight is 402 g/mol. The zero-order valence-electron chi connectivity index (χ0n) is 15.9. The van der Waals surface area contributed by atoms with Crippen LogP contribution in [0.2, 0.25) is 0 Å². The van der Waals surface area contributed by atoms with E-state index in [-0.39, 0.29) is 24.8 Å². The fourth-order valence-electron chi connectivity index (χ4n) is 3.55. The number of rotatable bonds is 5. The fraction of sp³-hybridized carbons (Fsp3) is 0.474. The SMILES string of the molecule is Cc1nonc1CNC(=O)[C@H]1C[C@H](NC(=O)c2ccc3c(c2)OCCO3)[C@@H](O)C1. The molecule has 0 saturated heterocycles. The highest BCUT2D eigenvalue weighted by atomic mass is 16.6. The maximum atomic E-state index is 12.6. The summed E-state index contributed by atoms with van der Waals surface area (Å²) >= 11 is 0. The summed E-state index contributed by atoms with van der Waals surface area (Å²) in [5.41, 5.74) is 1.57. The molecule has 29 heavy (non-hydrogen) atoms. The number of hydrogen-bond donors (Lipinski definition) is 3. The largest absolute Gasteiger partial charge is 0.486 e. The van der Waals surface area contributed by atoms with Gasteiger partial charge in [0.25, 0.3) is 5.91 Å². The van der Waals surface area contributed by atoms with Crippen LogP contribution < -0.4 is 20.1 Å². The minimum absolute atomic E-state index is 0.203. The van der Waals surface area contributed by atoms with Gasteiger partial charge in [-0.25, -0.2) is 4.63 Å². The minimum Gasteiger partial charge on any atom is -0.486 e. The Morgan fingerprint density at radius 3 is 2.72 bits per heavy atom. The van der Waals surface area contributed by atoms with Gasteiger partial charge in [0.2, 0.25) is 5.91 Å². The molecule has 0 radical (unpaired) electrons. The molecule has 3 atom stereocenters. The molecule has 0 spiro atoms. The summed E-state index contributed by atoms with van der Waals surface area (Å²) in [5.74, 6) is 0.170. The number of carbonyl (C=O) groups excluding carboxylic acids is 2. The molecule has 0 unspecified atom stereocenters. The van der Waals surface area contributed by atoms with Crippen LogP contribution in [0.15, 0.2) is 22.8 Å². The number of benzene rings is 1. The van der Waals surface area contributed by atoms with Crippen molar-refractivity contribution in [2.45, 2.75) is 38.5 Å². The van der Waals surface area contributed by atoms with E-state index in [0.717, 1.165) is 0 Å². The first-order chi connectivity index (χ1) is 14.0. The van der Waals surface area contributed by atoms with Crippen molar-refractivity contribution in [1.82, 2.24) is 20.9 Å². The number of aliphatic hydroxyl groups is 1. The molecular formula is C19H22N4O6. The van der Waals surface area contributed by atoms with E-state index in [4.69, 9.17) is 9.47 Å². The molecule has 1 aromatic carbocycles. The Labute approximate surface area is 166 Å². The number of aromatic nitrogens is 2. The van der Waals surface area contributed by atoms with Crippen molar-refractivity contribution in [3.8, 4) is 11.5 Å². The molecule has 4 rings (SSSR count). The van der Waals surface area contributed by atoms with Crippen LogP contribution in [0.4, 0.5) is 0 Å². The van der Waals surface area contributed by atoms with Crippen molar-refractivity contribution in [3.63, 3.8) is 0 Å². The molecular weight excluding hydrogens is 380 g/mol. The molecule has 1 saturated carbocycles. The highest BCUT2D eigenvalue weighted by Crippen LogP contribution is 2.31. The van der Waals surface area contributed by atoms with Crippen molar-refractivity contribution >= 4 is 11.8 Å². The highest BCUT2D eigenvalue weighted by Gasteiger charge is 2.38. The molecule has 0 bridgehead atoms. The lowest BCUT2D eigenvalue weighted by Crippen LogP contribution is -2.40. The third-order valence-corrected chi connectivity index (χ3v) is 5.20. The molecule has 1 aliphatic heterocycles. The van der Waals surface area contributed by atoms with Gasteiger partial charge in [-0.05, 0) is 38.0 Å². The average Bonchev–Trinajstić information content (AvgIpc) is 3.31. The molecule has 2 aromatic rings.